The Hall–Kier alpha value is -2.84. The molecule has 2 aliphatic rings. The predicted molar refractivity (Wildman–Crippen MR) is 135 cm³/mol. The van der Waals surface area contributed by atoms with E-state index in [1.54, 1.807) is 12.1 Å². The first-order valence-electron chi connectivity index (χ1n) is 11.8. The van der Waals surface area contributed by atoms with Crippen molar-refractivity contribution in [1.29, 1.82) is 5.26 Å². The van der Waals surface area contributed by atoms with Crippen LogP contribution >= 0.6 is 22.7 Å². The van der Waals surface area contributed by atoms with Gasteiger partial charge in [-0.2, -0.15) is 23.5 Å². The van der Waals surface area contributed by atoms with Gasteiger partial charge in [0, 0.05) is 22.2 Å². The van der Waals surface area contributed by atoms with E-state index in [4.69, 9.17) is 0 Å². The molecule has 1 amide bonds. The highest BCUT2D eigenvalue weighted by Gasteiger charge is 2.47. The molecule has 0 spiro atoms. The minimum atomic E-state index is -4.52. The van der Waals surface area contributed by atoms with Crippen LogP contribution in [-0.2, 0) is 12.8 Å². The second-order valence-corrected chi connectivity index (χ2v) is 12.5. The fraction of sp³-hybridized carbons (Fsp3) is 0.480. The van der Waals surface area contributed by atoms with Gasteiger partial charge in [-0.3, -0.25) is 4.79 Å². The molecule has 6 nitrogen and oxygen atoms in total. The molecule has 3 aromatic heterocycles. The van der Waals surface area contributed by atoms with Gasteiger partial charge in [-0.1, -0.05) is 26.8 Å². The molecule has 3 aromatic rings. The topological polar surface area (TPSA) is 82.7 Å². The van der Waals surface area contributed by atoms with Gasteiger partial charge >= 0.3 is 6.18 Å². The Labute approximate surface area is 215 Å². The van der Waals surface area contributed by atoms with E-state index in [9.17, 15) is 23.2 Å². The Morgan fingerprint density at radius 3 is 2.75 bits per heavy atom. The molecule has 4 heterocycles. The number of nitriles is 1. The summed E-state index contributed by atoms with van der Waals surface area (Å²) in [4.78, 5) is 15.0. The third kappa shape index (κ3) is 4.52. The molecule has 0 bridgehead atoms. The molecule has 0 radical (unpaired) electrons. The maximum absolute atomic E-state index is 13.9. The second kappa shape index (κ2) is 8.92. The number of nitrogens with zero attached hydrogens (tertiary/aromatic N) is 3. The van der Waals surface area contributed by atoms with E-state index in [0.717, 1.165) is 39.3 Å². The lowest BCUT2D eigenvalue weighted by molar-refractivity contribution is -0.173. The van der Waals surface area contributed by atoms with E-state index in [2.05, 4.69) is 42.6 Å². The zero-order valence-electron chi connectivity index (χ0n) is 20.1. The van der Waals surface area contributed by atoms with Crippen molar-refractivity contribution in [3.63, 3.8) is 0 Å². The zero-order valence-corrected chi connectivity index (χ0v) is 21.7. The number of anilines is 2. The lowest BCUT2D eigenvalue weighted by Crippen LogP contribution is -2.35. The van der Waals surface area contributed by atoms with E-state index >= 15 is 0 Å². The molecule has 11 heteroatoms. The summed E-state index contributed by atoms with van der Waals surface area (Å²) in [6, 6.07) is 4.79. The summed E-state index contributed by atoms with van der Waals surface area (Å²) < 4.78 is 42.6. The van der Waals surface area contributed by atoms with Crippen molar-refractivity contribution >= 4 is 39.4 Å². The number of carbonyl (C=O) groups is 1. The fourth-order valence-corrected chi connectivity index (χ4v) is 7.12. The summed E-state index contributed by atoms with van der Waals surface area (Å²) in [5.74, 6) is -0.0128. The van der Waals surface area contributed by atoms with Crippen molar-refractivity contribution in [3.05, 3.63) is 50.2 Å². The van der Waals surface area contributed by atoms with Gasteiger partial charge in [0.05, 0.1) is 11.6 Å². The molecule has 36 heavy (non-hydrogen) atoms. The van der Waals surface area contributed by atoms with E-state index in [-0.39, 0.29) is 23.3 Å². The second-order valence-electron chi connectivity index (χ2n) is 10.4. The fourth-order valence-electron chi connectivity index (χ4n) is 5.06. The Kier molecular flexibility index (Phi) is 6.16. The normalized spacial score (nSPS) is 21.8. The third-order valence-electron chi connectivity index (χ3n) is 7.14. The molecule has 0 unspecified atom stereocenters. The molecule has 190 valence electrons. The van der Waals surface area contributed by atoms with Gasteiger partial charge in [0.1, 0.15) is 16.9 Å². The Bertz CT molecular complexity index is 1330. The summed E-state index contributed by atoms with van der Waals surface area (Å²) in [7, 11) is 0. The summed E-state index contributed by atoms with van der Waals surface area (Å²) in [6.45, 7) is 6.61. The highest BCUT2D eigenvalue weighted by molar-refractivity contribution is 7.16. The molecule has 0 saturated carbocycles. The number of hydrogen-bond donors (Lipinski definition) is 2. The van der Waals surface area contributed by atoms with Crippen LogP contribution in [0.4, 0.5) is 24.0 Å². The Balaban J connectivity index is 1.42. The zero-order chi connectivity index (χ0) is 25.8. The molecule has 2 N–H and O–H groups in total. The van der Waals surface area contributed by atoms with Gasteiger partial charge in [-0.15, -0.1) is 22.7 Å². The van der Waals surface area contributed by atoms with Crippen LogP contribution in [0.3, 0.4) is 0 Å². The minimum Gasteiger partial charge on any atom is -0.363 e. The molecule has 0 aromatic carbocycles. The first-order chi connectivity index (χ1) is 17.0. The van der Waals surface area contributed by atoms with Gasteiger partial charge in [0.15, 0.2) is 11.7 Å². The smallest absolute Gasteiger partial charge is 0.363 e. The van der Waals surface area contributed by atoms with Crippen LogP contribution in [0.1, 0.15) is 77.1 Å². The molecule has 0 saturated heterocycles. The first kappa shape index (κ1) is 24.8. The van der Waals surface area contributed by atoms with Gasteiger partial charge < -0.3 is 10.6 Å². The van der Waals surface area contributed by atoms with Crippen LogP contribution < -0.4 is 10.6 Å². The largest absolute Gasteiger partial charge is 0.410 e. The monoisotopic (exact) mass is 533 g/mol. The number of thiophene rings is 2. The number of alkyl halides is 3. The average Bonchev–Trinajstić information content (AvgIpc) is 3.54. The van der Waals surface area contributed by atoms with Gasteiger partial charge in [-0.05, 0) is 47.6 Å². The van der Waals surface area contributed by atoms with Crippen LogP contribution in [0.15, 0.2) is 23.6 Å². The van der Waals surface area contributed by atoms with E-state index in [1.165, 1.54) is 28.7 Å². The lowest BCUT2D eigenvalue weighted by atomic mass is 9.72. The number of rotatable bonds is 3. The molecule has 1 aliphatic carbocycles. The Morgan fingerprint density at radius 1 is 1.33 bits per heavy atom. The highest BCUT2D eigenvalue weighted by Crippen LogP contribution is 2.46. The summed E-state index contributed by atoms with van der Waals surface area (Å²) in [5, 5.41) is 22.0. The first-order valence-corrected chi connectivity index (χ1v) is 13.5. The molecular weight excluding hydrogens is 507 g/mol. The van der Waals surface area contributed by atoms with Crippen LogP contribution in [-0.4, -0.2) is 21.9 Å². The number of carbonyl (C=O) groups excluding carboxylic acids is 1. The van der Waals surface area contributed by atoms with Crippen molar-refractivity contribution in [3.8, 4) is 6.07 Å². The van der Waals surface area contributed by atoms with Gasteiger partial charge in [-0.25, -0.2) is 4.68 Å². The van der Waals surface area contributed by atoms with Crippen molar-refractivity contribution in [2.45, 2.75) is 64.7 Å². The van der Waals surface area contributed by atoms with Crippen molar-refractivity contribution in [1.82, 2.24) is 9.78 Å². The molecule has 3 atom stereocenters. The maximum atomic E-state index is 13.9. The number of amides is 1. The number of nitrogens with one attached hydrogen (secondary N) is 2. The molecule has 5 rings (SSSR count). The average molecular weight is 534 g/mol. The summed E-state index contributed by atoms with van der Waals surface area (Å²) in [6.07, 6.45) is -2.15. The van der Waals surface area contributed by atoms with Crippen molar-refractivity contribution in [2.24, 2.45) is 11.3 Å². The van der Waals surface area contributed by atoms with Crippen LogP contribution in [0.2, 0.25) is 0 Å². The van der Waals surface area contributed by atoms with Crippen LogP contribution in [0.25, 0.3) is 0 Å². The summed E-state index contributed by atoms with van der Waals surface area (Å²) in [5.41, 5.74) is 1.43. The Morgan fingerprint density at radius 2 is 2.11 bits per heavy atom. The number of fused-ring (bicyclic) bond motifs is 2. The SMILES string of the molecule is CC(C)(C)[C@H]1CCc2c(sc(NC(=O)c3cc4n(n3)[C@@H](C(F)(F)F)C[C@@H](c3cccs3)N4)c2C#N)C1. The van der Waals surface area contributed by atoms with E-state index in [0.29, 0.717) is 16.5 Å². The predicted octanol–water partition coefficient (Wildman–Crippen LogP) is 6.94. The summed E-state index contributed by atoms with van der Waals surface area (Å²) >= 11 is 2.77. The molecular formula is C25H26F3N5OS2. The quantitative estimate of drug-likeness (QED) is 0.382. The van der Waals surface area contributed by atoms with Crippen LogP contribution in [0.5, 0.6) is 0 Å². The van der Waals surface area contributed by atoms with Gasteiger partial charge in [0.25, 0.3) is 5.91 Å². The van der Waals surface area contributed by atoms with E-state index in [1.807, 2.05) is 5.38 Å². The third-order valence-corrected chi connectivity index (χ3v) is 9.29. The van der Waals surface area contributed by atoms with Crippen molar-refractivity contribution in [2.75, 3.05) is 10.6 Å². The number of aromatic nitrogens is 2. The standard InChI is InChI=1S/C25H26F3N5OS2/c1-24(2,3)13-6-7-14-15(12-29)23(36-19(14)9-13)31-22(34)17-11-21-30-16(18-5-4-8-35-18)10-20(25(26,27)28)33(21)32-17/h4-5,8,11,13,16,20,30H,6-7,9-10H2,1-3H3,(H,31,34)/t13-,16-,20+/m0/s1. The highest BCUT2D eigenvalue weighted by atomic mass is 32.1. The minimum absolute atomic E-state index is 0.124. The number of hydrogen-bond acceptors (Lipinski definition) is 6. The van der Waals surface area contributed by atoms with E-state index < -0.39 is 24.2 Å². The maximum Gasteiger partial charge on any atom is 0.410 e. The van der Waals surface area contributed by atoms with Gasteiger partial charge in [0.2, 0.25) is 0 Å². The van der Waals surface area contributed by atoms with Crippen LogP contribution in [0, 0.1) is 22.7 Å². The molecule has 0 fully saturated rings. The molecule has 1 aliphatic heterocycles. The van der Waals surface area contributed by atoms with Crippen molar-refractivity contribution < 1.29 is 18.0 Å². The lowest BCUT2D eigenvalue weighted by Gasteiger charge is -2.33. The number of halogens is 3.